The van der Waals surface area contributed by atoms with E-state index in [9.17, 15) is 4.79 Å². The fraction of sp³-hybridized carbons (Fsp3) is 0.421. The highest BCUT2D eigenvalue weighted by Crippen LogP contribution is 2.22. The van der Waals surface area contributed by atoms with Gasteiger partial charge in [0.25, 0.3) is 0 Å². The van der Waals surface area contributed by atoms with Crippen LogP contribution in [0.1, 0.15) is 18.4 Å². The maximum Gasteiger partial charge on any atom is 0.239 e. The molecule has 1 amide bonds. The van der Waals surface area contributed by atoms with Gasteiger partial charge in [0.05, 0.1) is 6.04 Å². The summed E-state index contributed by atoms with van der Waals surface area (Å²) in [4.78, 5) is 14.4. The molecule has 1 aliphatic rings. The van der Waals surface area contributed by atoms with Gasteiger partial charge in [-0.2, -0.15) is 0 Å². The number of carbonyl (C=O) groups is 1. The molecule has 1 unspecified atom stereocenters. The summed E-state index contributed by atoms with van der Waals surface area (Å²) in [6.45, 7) is 1.99. The quantitative estimate of drug-likeness (QED) is 0.924. The van der Waals surface area contributed by atoms with E-state index in [1.807, 2.05) is 25.2 Å². The van der Waals surface area contributed by atoms with Crippen molar-refractivity contribution in [1.29, 1.82) is 0 Å². The number of benzene rings is 2. The monoisotopic (exact) mass is 348 g/mol. The maximum absolute atomic E-state index is 12.6. The minimum atomic E-state index is -0.432. The van der Waals surface area contributed by atoms with E-state index < -0.39 is 6.04 Å². The number of amides is 1. The zero-order chi connectivity index (χ0) is 16.2. The summed E-state index contributed by atoms with van der Waals surface area (Å²) in [5, 5.41) is 2.38. The van der Waals surface area contributed by atoms with Crippen LogP contribution in [0.25, 0.3) is 10.8 Å². The summed E-state index contributed by atoms with van der Waals surface area (Å²) in [5.41, 5.74) is 7.36. The topological polar surface area (TPSA) is 55.6 Å². The fourth-order valence-electron chi connectivity index (χ4n) is 3.29. The molecule has 0 bridgehead atoms. The standard InChI is InChI=1S/C19H24N2O2.ClH/c1-21(19(22)18(20)15-9-11-23-12-10-15)13-16-7-4-6-14-5-2-3-8-17(14)16;/h2-8,15,18H,9-13,20H2,1H3;1H. The van der Waals surface area contributed by atoms with Crippen LogP contribution in [0.5, 0.6) is 0 Å². The van der Waals surface area contributed by atoms with Crippen LogP contribution in [0.3, 0.4) is 0 Å². The van der Waals surface area contributed by atoms with Gasteiger partial charge in [0.2, 0.25) is 5.91 Å². The molecule has 0 radical (unpaired) electrons. The van der Waals surface area contributed by atoms with Gasteiger partial charge in [-0.15, -0.1) is 12.4 Å². The zero-order valence-electron chi connectivity index (χ0n) is 14.0. The SMILES string of the molecule is CN(Cc1cccc2ccccc12)C(=O)C(N)C1CCOCC1.Cl. The van der Waals surface area contributed by atoms with E-state index in [-0.39, 0.29) is 24.2 Å². The molecular weight excluding hydrogens is 324 g/mol. The van der Waals surface area contributed by atoms with Crippen molar-refractivity contribution in [2.24, 2.45) is 11.7 Å². The van der Waals surface area contributed by atoms with E-state index in [1.165, 1.54) is 10.8 Å². The van der Waals surface area contributed by atoms with Crippen LogP contribution in [0.4, 0.5) is 0 Å². The van der Waals surface area contributed by atoms with E-state index in [1.54, 1.807) is 4.90 Å². The highest BCUT2D eigenvalue weighted by Gasteiger charge is 2.28. The van der Waals surface area contributed by atoms with E-state index in [2.05, 4.69) is 24.3 Å². The van der Waals surface area contributed by atoms with Crippen LogP contribution in [-0.4, -0.2) is 37.1 Å². The average Bonchev–Trinajstić information content (AvgIpc) is 2.61. The Labute approximate surface area is 149 Å². The van der Waals surface area contributed by atoms with Crippen molar-refractivity contribution in [3.8, 4) is 0 Å². The molecule has 1 atom stereocenters. The van der Waals surface area contributed by atoms with Gasteiger partial charge in [-0.1, -0.05) is 42.5 Å². The number of nitrogens with zero attached hydrogens (tertiary/aromatic N) is 1. The van der Waals surface area contributed by atoms with Crippen molar-refractivity contribution in [2.75, 3.05) is 20.3 Å². The first kappa shape index (κ1) is 18.7. The minimum absolute atomic E-state index is 0. The molecule has 1 saturated heterocycles. The number of hydrogen-bond donors (Lipinski definition) is 1. The summed E-state index contributed by atoms with van der Waals surface area (Å²) in [6.07, 6.45) is 1.74. The number of likely N-dealkylation sites (N-methyl/N-ethyl adjacent to an activating group) is 1. The Morgan fingerprint density at radius 2 is 1.88 bits per heavy atom. The Kier molecular flexibility index (Phi) is 6.60. The van der Waals surface area contributed by atoms with E-state index in [0.717, 1.165) is 18.4 Å². The first-order chi connectivity index (χ1) is 11.2. The molecule has 1 fully saturated rings. The second-order valence-electron chi connectivity index (χ2n) is 6.31. The van der Waals surface area contributed by atoms with Gasteiger partial charge in [0, 0.05) is 26.8 Å². The molecule has 3 rings (SSSR count). The molecule has 0 saturated carbocycles. The number of fused-ring (bicyclic) bond motifs is 1. The second kappa shape index (κ2) is 8.47. The van der Waals surface area contributed by atoms with Crippen LogP contribution in [-0.2, 0) is 16.1 Å². The van der Waals surface area contributed by atoms with Crippen molar-refractivity contribution in [3.05, 3.63) is 48.0 Å². The lowest BCUT2D eigenvalue weighted by Gasteiger charge is -2.30. The van der Waals surface area contributed by atoms with Crippen molar-refractivity contribution >= 4 is 29.1 Å². The fourth-order valence-corrected chi connectivity index (χ4v) is 3.29. The number of rotatable bonds is 4. The predicted octanol–water partition coefficient (Wildman–Crippen LogP) is 2.97. The normalized spacial score (nSPS) is 16.4. The Morgan fingerprint density at radius 1 is 1.21 bits per heavy atom. The van der Waals surface area contributed by atoms with Crippen LogP contribution in [0.15, 0.2) is 42.5 Å². The molecular formula is C19H25ClN2O2. The van der Waals surface area contributed by atoms with Crippen molar-refractivity contribution in [3.63, 3.8) is 0 Å². The van der Waals surface area contributed by atoms with Gasteiger partial charge in [-0.25, -0.2) is 0 Å². The second-order valence-corrected chi connectivity index (χ2v) is 6.31. The van der Waals surface area contributed by atoms with Crippen LogP contribution in [0.2, 0.25) is 0 Å². The van der Waals surface area contributed by atoms with Crippen molar-refractivity contribution in [1.82, 2.24) is 4.90 Å². The lowest BCUT2D eigenvalue weighted by molar-refractivity contribution is -0.133. The van der Waals surface area contributed by atoms with Crippen LogP contribution < -0.4 is 5.73 Å². The smallest absolute Gasteiger partial charge is 0.239 e. The minimum Gasteiger partial charge on any atom is -0.381 e. The summed E-state index contributed by atoms with van der Waals surface area (Å²) in [7, 11) is 1.84. The maximum atomic E-state index is 12.6. The Hall–Kier alpha value is -1.62. The van der Waals surface area contributed by atoms with Crippen LogP contribution in [0, 0.1) is 5.92 Å². The first-order valence-electron chi connectivity index (χ1n) is 8.22. The molecule has 4 nitrogen and oxygen atoms in total. The van der Waals surface area contributed by atoms with Gasteiger partial charge in [0.1, 0.15) is 0 Å². The lowest BCUT2D eigenvalue weighted by Crippen LogP contribution is -2.47. The molecule has 0 aliphatic carbocycles. The summed E-state index contributed by atoms with van der Waals surface area (Å²) >= 11 is 0. The lowest BCUT2D eigenvalue weighted by atomic mass is 9.91. The average molecular weight is 349 g/mol. The van der Waals surface area contributed by atoms with Gasteiger partial charge in [-0.3, -0.25) is 4.79 Å². The molecule has 2 aromatic carbocycles. The third kappa shape index (κ3) is 4.07. The highest BCUT2D eigenvalue weighted by molar-refractivity contribution is 5.87. The predicted molar refractivity (Wildman–Crippen MR) is 99.2 cm³/mol. The van der Waals surface area contributed by atoms with Gasteiger partial charge >= 0.3 is 0 Å². The van der Waals surface area contributed by atoms with E-state index in [4.69, 9.17) is 10.5 Å². The van der Waals surface area contributed by atoms with Gasteiger partial charge in [0.15, 0.2) is 0 Å². The molecule has 2 N–H and O–H groups in total. The summed E-state index contributed by atoms with van der Waals surface area (Å²) < 4.78 is 5.35. The molecule has 24 heavy (non-hydrogen) atoms. The Morgan fingerprint density at radius 3 is 2.62 bits per heavy atom. The molecule has 1 aliphatic heterocycles. The molecule has 0 aromatic heterocycles. The number of ether oxygens (including phenoxy) is 1. The third-order valence-electron chi connectivity index (χ3n) is 4.72. The number of nitrogens with two attached hydrogens (primary N) is 1. The summed E-state index contributed by atoms with van der Waals surface area (Å²) in [6, 6.07) is 14.0. The molecule has 0 spiro atoms. The van der Waals surface area contributed by atoms with Gasteiger partial charge < -0.3 is 15.4 Å². The molecule has 5 heteroatoms. The molecule has 1 heterocycles. The van der Waals surface area contributed by atoms with Crippen molar-refractivity contribution in [2.45, 2.75) is 25.4 Å². The molecule has 130 valence electrons. The third-order valence-corrected chi connectivity index (χ3v) is 4.72. The van der Waals surface area contributed by atoms with Gasteiger partial charge in [-0.05, 0) is 35.1 Å². The zero-order valence-corrected chi connectivity index (χ0v) is 14.8. The molecule has 2 aromatic rings. The van der Waals surface area contributed by atoms with Crippen LogP contribution >= 0.6 is 12.4 Å². The summed E-state index contributed by atoms with van der Waals surface area (Å²) in [5.74, 6) is 0.246. The van der Waals surface area contributed by atoms with E-state index >= 15 is 0 Å². The number of carbonyl (C=O) groups excluding carboxylic acids is 1. The highest BCUT2D eigenvalue weighted by atomic mass is 35.5. The van der Waals surface area contributed by atoms with Crippen molar-refractivity contribution < 1.29 is 9.53 Å². The Bertz CT molecular complexity index is 681. The Balaban J connectivity index is 0.00000208. The first-order valence-corrected chi connectivity index (χ1v) is 8.22. The number of halogens is 1. The largest absolute Gasteiger partial charge is 0.381 e. The number of hydrogen-bond acceptors (Lipinski definition) is 3. The van der Waals surface area contributed by atoms with E-state index in [0.29, 0.717) is 19.8 Å².